The number of fused-ring (bicyclic) bond motifs is 10. The van der Waals surface area contributed by atoms with E-state index in [1.807, 2.05) is 68.4 Å². The molecule has 0 saturated carbocycles. The summed E-state index contributed by atoms with van der Waals surface area (Å²) >= 11 is 0. The topological polar surface area (TPSA) is 69.9 Å². The van der Waals surface area contributed by atoms with E-state index in [1.54, 1.807) is 0 Å². The molecule has 6 nitrogen and oxygen atoms in total. The van der Waals surface area contributed by atoms with E-state index in [9.17, 15) is 0 Å². The van der Waals surface area contributed by atoms with Gasteiger partial charge in [0.15, 0.2) is 11.6 Å². The van der Waals surface area contributed by atoms with Crippen molar-refractivity contribution in [3.8, 4) is 51.0 Å². The van der Waals surface area contributed by atoms with E-state index in [0.29, 0.717) is 17.6 Å². The fraction of sp³-hybridized carbons (Fsp3) is 0.0517. The zero-order chi connectivity index (χ0) is 42.7. The molecule has 0 bridgehead atoms. The summed E-state index contributed by atoms with van der Waals surface area (Å²) in [6.07, 6.45) is 9.47. The third-order valence-electron chi connectivity index (χ3n) is 12.2. The van der Waals surface area contributed by atoms with Gasteiger partial charge in [0, 0.05) is 49.2 Å². The average molecular weight is 825 g/mol. The van der Waals surface area contributed by atoms with Crippen molar-refractivity contribution >= 4 is 77.6 Å². The molecule has 4 heterocycles. The van der Waals surface area contributed by atoms with E-state index in [0.717, 1.165) is 111 Å². The lowest BCUT2D eigenvalue weighted by molar-refractivity contribution is 0.603. The molecule has 0 unspecified atom stereocenters. The lowest BCUT2D eigenvalue weighted by Gasteiger charge is -2.14. The Morgan fingerprint density at radius 3 is 1.97 bits per heavy atom. The van der Waals surface area contributed by atoms with Crippen molar-refractivity contribution in [2.45, 2.75) is 20.3 Å². The summed E-state index contributed by atoms with van der Waals surface area (Å²) < 4.78 is 15.0. The number of furan rings is 2. The van der Waals surface area contributed by atoms with Gasteiger partial charge in [-0.3, -0.25) is 4.57 Å². The predicted octanol–water partition coefficient (Wildman–Crippen LogP) is 15.9. The maximum absolute atomic E-state index is 6.39. The lowest BCUT2D eigenvalue weighted by atomic mass is 9.96. The van der Waals surface area contributed by atoms with Crippen LogP contribution < -0.4 is 0 Å². The molecule has 0 N–H and O–H groups in total. The Bertz CT molecular complexity index is 3850. The minimum Gasteiger partial charge on any atom is -0.456 e. The Morgan fingerprint density at radius 2 is 1.08 bits per heavy atom. The molecule has 0 fully saturated rings. The van der Waals surface area contributed by atoms with Crippen LogP contribution in [-0.4, -0.2) is 19.5 Å². The number of rotatable bonds is 5. The van der Waals surface area contributed by atoms with Crippen LogP contribution in [-0.2, 0) is 0 Å². The number of hydrogen-bond donors (Lipinski definition) is 0. The van der Waals surface area contributed by atoms with Crippen LogP contribution in [0.1, 0.15) is 31.6 Å². The Labute approximate surface area is 369 Å². The highest BCUT2D eigenvalue weighted by atomic mass is 16.3. The maximum Gasteiger partial charge on any atom is 0.238 e. The summed E-state index contributed by atoms with van der Waals surface area (Å²) in [6.45, 7) is 4.00. The number of nitrogens with zero attached hydrogens (tertiary/aromatic N) is 4. The van der Waals surface area contributed by atoms with Crippen LogP contribution in [0.3, 0.4) is 0 Å². The highest BCUT2D eigenvalue weighted by Gasteiger charge is 2.22. The second-order valence-electron chi connectivity index (χ2n) is 15.9. The SMILES string of the molecule is C1=Cc2oc3cc(-c4cccc(-c5cccc6c7cc8ccccc8cc7n(-c7nc(-c8ccccc8)nc(-c8ccc9c(c8)oc8ccccc89)n7)c56)c4)ccc3c2C=CC1.CC. The summed E-state index contributed by atoms with van der Waals surface area (Å²) in [7, 11) is 0. The number of hydrogen-bond acceptors (Lipinski definition) is 5. The quantitative estimate of drug-likeness (QED) is 0.173. The Balaban J connectivity index is 0.00000214. The van der Waals surface area contributed by atoms with Crippen LogP contribution in [0.2, 0.25) is 0 Å². The largest absolute Gasteiger partial charge is 0.456 e. The average Bonchev–Trinajstić information content (AvgIpc) is 3.95. The molecule has 0 aliphatic heterocycles. The molecule has 0 spiro atoms. The smallest absolute Gasteiger partial charge is 0.238 e. The first-order chi connectivity index (χ1) is 31.7. The zero-order valence-corrected chi connectivity index (χ0v) is 35.3. The molecule has 13 rings (SSSR count). The molecule has 6 heteroatoms. The summed E-state index contributed by atoms with van der Waals surface area (Å²) in [4.78, 5) is 15.8. The van der Waals surface area contributed by atoms with Gasteiger partial charge in [0.25, 0.3) is 0 Å². The van der Waals surface area contributed by atoms with Crippen LogP contribution in [0.5, 0.6) is 0 Å². The second-order valence-corrected chi connectivity index (χ2v) is 15.9. The third-order valence-corrected chi connectivity index (χ3v) is 12.2. The van der Waals surface area contributed by atoms with E-state index < -0.39 is 0 Å². The van der Waals surface area contributed by atoms with Gasteiger partial charge in [-0.1, -0.05) is 153 Å². The monoisotopic (exact) mass is 824 g/mol. The minimum atomic E-state index is 0.531. The molecule has 0 atom stereocenters. The lowest BCUT2D eigenvalue weighted by Crippen LogP contribution is -2.07. The highest BCUT2D eigenvalue weighted by Crippen LogP contribution is 2.41. The highest BCUT2D eigenvalue weighted by molar-refractivity contribution is 6.17. The standard InChI is InChI=1S/C56H34N4O2.C2H6/c1-3-13-34(14-4-1)54-57-55(40-26-28-45-43-20-9-10-24-50(43)62-52(45)33-40)59-56(58-54)60-48-31-37-16-8-7-15-36(37)30-47(48)46-22-12-21-41(53(46)60)39-18-11-17-35(29-39)38-25-27-44-42-19-5-2-6-23-49(42)61-51(44)32-38;1-2/h1,3-33H,2H2;1-2H3. The van der Waals surface area contributed by atoms with E-state index in [2.05, 4.69) is 144 Å². The van der Waals surface area contributed by atoms with Crippen LogP contribution in [0, 0.1) is 0 Å². The molecule has 64 heavy (non-hydrogen) atoms. The fourth-order valence-corrected chi connectivity index (χ4v) is 9.28. The third kappa shape index (κ3) is 6.14. The molecule has 0 radical (unpaired) electrons. The van der Waals surface area contributed by atoms with Gasteiger partial charge in [-0.25, -0.2) is 4.98 Å². The molecule has 0 saturated heterocycles. The molecule has 12 aromatic rings. The Hall–Kier alpha value is -8.35. The normalized spacial score (nSPS) is 12.3. The summed E-state index contributed by atoms with van der Waals surface area (Å²) in [5.41, 5.74) is 11.7. The number of para-hydroxylation sites is 2. The molecule has 0 amide bonds. The van der Waals surface area contributed by atoms with Gasteiger partial charge < -0.3 is 8.83 Å². The first kappa shape index (κ1) is 37.4. The molecule has 304 valence electrons. The van der Waals surface area contributed by atoms with E-state index in [1.165, 1.54) is 5.39 Å². The van der Waals surface area contributed by atoms with Crippen molar-refractivity contribution in [3.05, 3.63) is 193 Å². The van der Waals surface area contributed by atoms with Gasteiger partial charge in [0.05, 0.1) is 11.0 Å². The maximum atomic E-state index is 6.39. The van der Waals surface area contributed by atoms with Crippen molar-refractivity contribution in [1.29, 1.82) is 0 Å². The van der Waals surface area contributed by atoms with Crippen molar-refractivity contribution < 1.29 is 8.83 Å². The fourth-order valence-electron chi connectivity index (χ4n) is 9.28. The Kier molecular flexibility index (Phi) is 8.90. The Morgan fingerprint density at radius 1 is 0.438 bits per heavy atom. The van der Waals surface area contributed by atoms with Crippen LogP contribution in [0.4, 0.5) is 0 Å². The molecule has 1 aliphatic rings. The van der Waals surface area contributed by atoms with E-state index >= 15 is 0 Å². The minimum absolute atomic E-state index is 0.531. The number of allylic oxidation sites excluding steroid dienone is 2. The first-order valence-electron chi connectivity index (χ1n) is 21.9. The molecular weight excluding hydrogens is 785 g/mol. The van der Waals surface area contributed by atoms with Gasteiger partial charge in [-0.05, 0) is 88.5 Å². The van der Waals surface area contributed by atoms with Crippen LogP contribution in [0.25, 0.3) is 129 Å². The van der Waals surface area contributed by atoms with Gasteiger partial charge in [0.1, 0.15) is 22.5 Å². The number of aromatic nitrogens is 4. The van der Waals surface area contributed by atoms with Gasteiger partial charge in [0.2, 0.25) is 5.95 Å². The first-order valence-corrected chi connectivity index (χ1v) is 21.9. The van der Waals surface area contributed by atoms with Crippen LogP contribution >= 0.6 is 0 Å². The van der Waals surface area contributed by atoms with Gasteiger partial charge in [-0.2, -0.15) is 9.97 Å². The van der Waals surface area contributed by atoms with Crippen molar-refractivity contribution in [1.82, 2.24) is 19.5 Å². The van der Waals surface area contributed by atoms with E-state index in [4.69, 9.17) is 23.8 Å². The molecular formula is C58H40N4O2. The predicted molar refractivity (Wildman–Crippen MR) is 264 cm³/mol. The van der Waals surface area contributed by atoms with Crippen LogP contribution in [0.15, 0.2) is 191 Å². The van der Waals surface area contributed by atoms with Crippen molar-refractivity contribution in [2.24, 2.45) is 0 Å². The van der Waals surface area contributed by atoms with Crippen molar-refractivity contribution in [3.63, 3.8) is 0 Å². The summed E-state index contributed by atoms with van der Waals surface area (Å²) in [5.74, 6) is 2.58. The zero-order valence-electron chi connectivity index (χ0n) is 35.3. The van der Waals surface area contributed by atoms with Gasteiger partial charge in [-0.15, -0.1) is 0 Å². The number of benzene rings is 8. The van der Waals surface area contributed by atoms with Gasteiger partial charge >= 0.3 is 0 Å². The molecule has 8 aromatic carbocycles. The van der Waals surface area contributed by atoms with E-state index in [-0.39, 0.29) is 0 Å². The molecule has 4 aromatic heterocycles. The molecule has 1 aliphatic carbocycles. The summed E-state index contributed by atoms with van der Waals surface area (Å²) in [6, 6.07) is 59.5. The summed E-state index contributed by atoms with van der Waals surface area (Å²) in [5, 5.41) is 7.79. The van der Waals surface area contributed by atoms with Crippen molar-refractivity contribution in [2.75, 3.05) is 0 Å². The second kappa shape index (κ2) is 15.2.